The molecule has 4 nitrogen and oxygen atoms in total. The summed E-state index contributed by atoms with van der Waals surface area (Å²) in [6.07, 6.45) is 1.82. The molecule has 0 atom stereocenters. The maximum absolute atomic E-state index is 12.6. The van der Waals surface area contributed by atoms with Crippen LogP contribution in [0.1, 0.15) is 32.7 Å². The highest BCUT2D eigenvalue weighted by Crippen LogP contribution is 2.16. The van der Waals surface area contributed by atoms with Gasteiger partial charge >= 0.3 is 0 Å². The second-order valence-electron chi connectivity index (χ2n) is 6.54. The molecule has 2 aromatic carbocycles. The number of benzene rings is 2. The molecule has 1 heterocycles. The summed E-state index contributed by atoms with van der Waals surface area (Å²) in [6.45, 7) is 6.57. The Bertz CT molecular complexity index is 970. The highest BCUT2D eigenvalue weighted by molar-refractivity contribution is 6.46. The van der Waals surface area contributed by atoms with Gasteiger partial charge in [-0.3, -0.25) is 9.59 Å². The molecular formula is C22H22N2O2. The first-order valence-corrected chi connectivity index (χ1v) is 8.58. The van der Waals surface area contributed by atoms with Crippen LogP contribution in [0.2, 0.25) is 0 Å². The normalized spacial score (nSPS) is 10.6. The second-order valence-corrected chi connectivity index (χ2v) is 6.54. The minimum atomic E-state index is -0.626. The van der Waals surface area contributed by atoms with Gasteiger partial charge < -0.3 is 9.88 Å². The van der Waals surface area contributed by atoms with Crippen molar-refractivity contribution in [1.29, 1.82) is 0 Å². The summed E-state index contributed by atoms with van der Waals surface area (Å²) >= 11 is 0. The summed E-state index contributed by atoms with van der Waals surface area (Å²) in [6, 6.07) is 17.1. The van der Waals surface area contributed by atoms with Gasteiger partial charge in [0.2, 0.25) is 0 Å². The first-order chi connectivity index (χ1) is 12.5. The van der Waals surface area contributed by atoms with E-state index in [1.165, 1.54) is 11.1 Å². The largest absolute Gasteiger partial charge is 0.340 e. The Morgan fingerprint density at radius 1 is 0.885 bits per heavy atom. The van der Waals surface area contributed by atoms with Gasteiger partial charge in [0.15, 0.2) is 0 Å². The number of para-hydroxylation sites is 1. The van der Waals surface area contributed by atoms with Crippen molar-refractivity contribution in [1.82, 2.24) is 4.57 Å². The molecule has 0 saturated carbocycles. The van der Waals surface area contributed by atoms with Crippen molar-refractivity contribution in [2.45, 2.75) is 27.3 Å². The highest BCUT2D eigenvalue weighted by atomic mass is 16.2. The number of hydrogen-bond donors (Lipinski definition) is 1. The van der Waals surface area contributed by atoms with Crippen LogP contribution < -0.4 is 5.32 Å². The molecule has 132 valence electrons. The zero-order chi connectivity index (χ0) is 18.7. The molecule has 0 radical (unpaired) electrons. The third-order valence-corrected chi connectivity index (χ3v) is 4.59. The Morgan fingerprint density at radius 2 is 1.65 bits per heavy atom. The number of carbonyl (C=O) groups excluding carboxylic acids is 2. The van der Waals surface area contributed by atoms with E-state index in [0.717, 1.165) is 11.1 Å². The quantitative estimate of drug-likeness (QED) is 0.554. The first-order valence-electron chi connectivity index (χ1n) is 8.58. The number of ketones is 1. The summed E-state index contributed by atoms with van der Waals surface area (Å²) in [5, 5.41) is 2.70. The van der Waals surface area contributed by atoms with Gasteiger partial charge in [0.1, 0.15) is 0 Å². The highest BCUT2D eigenvalue weighted by Gasteiger charge is 2.20. The number of hydrogen-bond acceptors (Lipinski definition) is 2. The van der Waals surface area contributed by atoms with Gasteiger partial charge in [-0.2, -0.15) is 0 Å². The van der Waals surface area contributed by atoms with Crippen LogP contribution in [-0.2, 0) is 11.3 Å². The van der Waals surface area contributed by atoms with Crippen LogP contribution in [0.25, 0.3) is 0 Å². The molecule has 3 aromatic rings. The van der Waals surface area contributed by atoms with Crippen molar-refractivity contribution in [3.8, 4) is 0 Å². The molecule has 26 heavy (non-hydrogen) atoms. The predicted octanol–water partition coefficient (Wildman–Crippen LogP) is 4.28. The number of carbonyl (C=O) groups is 2. The predicted molar refractivity (Wildman–Crippen MR) is 104 cm³/mol. The van der Waals surface area contributed by atoms with E-state index < -0.39 is 11.7 Å². The fourth-order valence-electron chi connectivity index (χ4n) is 2.87. The maximum Gasteiger partial charge on any atom is 0.298 e. The monoisotopic (exact) mass is 346 g/mol. The third-order valence-electron chi connectivity index (χ3n) is 4.59. The standard InChI is InChI=1S/C22H22N2O2/c1-15-10-11-18(13-17(15)3)14-24-12-6-9-20(24)21(25)22(26)23-19-8-5-4-7-16(19)2/h4-13H,14H2,1-3H3,(H,23,26). The first kappa shape index (κ1) is 17.7. The molecule has 4 heteroatoms. The van der Waals surface area contributed by atoms with Gasteiger partial charge in [-0.15, -0.1) is 0 Å². The van der Waals surface area contributed by atoms with Crippen LogP contribution >= 0.6 is 0 Å². The zero-order valence-electron chi connectivity index (χ0n) is 15.2. The molecule has 0 aliphatic carbocycles. The molecule has 3 rings (SSSR count). The van der Waals surface area contributed by atoms with Crippen molar-refractivity contribution in [2.75, 3.05) is 5.32 Å². The molecule has 0 saturated heterocycles. The van der Waals surface area contributed by atoms with E-state index in [1.54, 1.807) is 18.2 Å². The lowest BCUT2D eigenvalue weighted by atomic mass is 10.1. The average Bonchev–Trinajstić information content (AvgIpc) is 3.07. The maximum atomic E-state index is 12.6. The topological polar surface area (TPSA) is 51.1 Å². The fraction of sp³-hybridized carbons (Fsp3) is 0.182. The molecule has 0 fully saturated rings. The zero-order valence-corrected chi connectivity index (χ0v) is 15.2. The molecule has 1 aromatic heterocycles. The van der Waals surface area contributed by atoms with Crippen LogP contribution in [0.15, 0.2) is 60.8 Å². The summed E-state index contributed by atoms with van der Waals surface area (Å²) < 4.78 is 1.81. The van der Waals surface area contributed by atoms with Crippen molar-refractivity contribution >= 4 is 17.4 Å². The number of amides is 1. The van der Waals surface area contributed by atoms with Gasteiger partial charge in [-0.05, 0) is 61.2 Å². The molecule has 0 spiro atoms. The van der Waals surface area contributed by atoms with Crippen LogP contribution in [0.5, 0.6) is 0 Å². The number of nitrogens with one attached hydrogen (secondary N) is 1. The van der Waals surface area contributed by atoms with Crippen LogP contribution in [0, 0.1) is 20.8 Å². The minimum Gasteiger partial charge on any atom is -0.340 e. The van der Waals surface area contributed by atoms with Crippen LogP contribution in [0.3, 0.4) is 0 Å². The number of aryl methyl sites for hydroxylation is 3. The number of aromatic nitrogens is 1. The van der Waals surface area contributed by atoms with E-state index in [-0.39, 0.29) is 0 Å². The van der Waals surface area contributed by atoms with Crippen LogP contribution in [-0.4, -0.2) is 16.3 Å². The van der Waals surface area contributed by atoms with E-state index in [1.807, 2.05) is 42.0 Å². The van der Waals surface area contributed by atoms with Crippen molar-refractivity contribution in [2.24, 2.45) is 0 Å². The van der Waals surface area contributed by atoms with Crippen molar-refractivity contribution in [3.63, 3.8) is 0 Å². The Morgan fingerprint density at radius 3 is 2.38 bits per heavy atom. The SMILES string of the molecule is Cc1ccc(Cn2cccc2C(=O)C(=O)Nc2ccccc2C)cc1C. The smallest absolute Gasteiger partial charge is 0.298 e. The van der Waals surface area contributed by atoms with Crippen molar-refractivity contribution in [3.05, 3.63) is 88.7 Å². The number of rotatable bonds is 5. The van der Waals surface area contributed by atoms with Crippen molar-refractivity contribution < 1.29 is 9.59 Å². The molecule has 0 unspecified atom stereocenters. The summed E-state index contributed by atoms with van der Waals surface area (Å²) in [5.74, 6) is -1.17. The Balaban J connectivity index is 1.78. The average molecular weight is 346 g/mol. The Hall–Kier alpha value is -3.14. The summed E-state index contributed by atoms with van der Waals surface area (Å²) in [5.41, 5.74) is 5.49. The van der Waals surface area contributed by atoms with E-state index in [4.69, 9.17) is 0 Å². The molecular weight excluding hydrogens is 324 g/mol. The summed E-state index contributed by atoms with van der Waals surface area (Å²) in [7, 11) is 0. The minimum absolute atomic E-state index is 0.384. The van der Waals surface area contributed by atoms with E-state index in [2.05, 4.69) is 31.3 Å². The van der Waals surface area contributed by atoms with Gasteiger partial charge in [0.05, 0.1) is 5.69 Å². The van der Waals surface area contributed by atoms with Gasteiger partial charge in [0, 0.05) is 18.4 Å². The molecule has 0 aliphatic heterocycles. The fourth-order valence-corrected chi connectivity index (χ4v) is 2.87. The van der Waals surface area contributed by atoms with Gasteiger partial charge in [-0.1, -0.05) is 36.4 Å². The van der Waals surface area contributed by atoms with Crippen LogP contribution in [0.4, 0.5) is 5.69 Å². The molecule has 0 aliphatic rings. The van der Waals surface area contributed by atoms with Gasteiger partial charge in [-0.25, -0.2) is 0 Å². The number of Topliss-reactive ketones (excluding diaryl/α,β-unsaturated/α-hetero) is 1. The summed E-state index contributed by atoms with van der Waals surface area (Å²) in [4.78, 5) is 25.0. The molecule has 0 bridgehead atoms. The lowest BCUT2D eigenvalue weighted by molar-refractivity contribution is -0.112. The lowest BCUT2D eigenvalue weighted by Gasteiger charge is -2.11. The number of nitrogens with zero attached hydrogens (tertiary/aromatic N) is 1. The third kappa shape index (κ3) is 3.75. The Labute approximate surface area is 153 Å². The Kier molecular flexibility index (Phi) is 5.03. The van der Waals surface area contributed by atoms with Gasteiger partial charge in [0.25, 0.3) is 11.7 Å². The molecule has 1 N–H and O–H groups in total. The van der Waals surface area contributed by atoms with E-state index in [9.17, 15) is 9.59 Å². The van der Waals surface area contributed by atoms with E-state index >= 15 is 0 Å². The van der Waals surface area contributed by atoms with E-state index in [0.29, 0.717) is 17.9 Å². The second kappa shape index (κ2) is 7.40. The number of anilines is 1. The molecule has 1 amide bonds. The lowest BCUT2D eigenvalue weighted by Crippen LogP contribution is -2.25.